The molecule has 2 aromatic carbocycles. The highest BCUT2D eigenvalue weighted by atomic mass is 32.2. The topological polar surface area (TPSA) is 108 Å². The van der Waals surface area contributed by atoms with E-state index >= 15 is 0 Å². The lowest BCUT2D eigenvalue weighted by molar-refractivity contribution is -0.384. The summed E-state index contributed by atoms with van der Waals surface area (Å²) < 4.78 is 52.8. The zero-order valence-corrected chi connectivity index (χ0v) is 15.2. The van der Waals surface area contributed by atoms with Crippen LogP contribution in [0.25, 0.3) is 0 Å². The first-order valence-corrected chi connectivity index (χ1v) is 9.57. The molecule has 146 valence electrons. The second-order valence-electron chi connectivity index (χ2n) is 6.04. The van der Waals surface area contributed by atoms with Gasteiger partial charge in [0.2, 0.25) is 10.0 Å². The molecule has 0 bridgehead atoms. The van der Waals surface area contributed by atoms with E-state index in [0.717, 1.165) is 16.4 Å². The van der Waals surface area contributed by atoms with Crippen LogP contribution in [0.4, 0.5) is 20.2 Å². The first-order chi connectivity index (χ1) is 13.2. The van der Waals surface area contributed by atoms with Gasteiger partial charge in [-0.25, -0.2) is 17.2 Å². The number of benzene rings is 2. The lowest BCUT2D eigenvalue weighted by Crippen LogP contribution is -2.48. The molecule has 8 nitrogen and oxygen atoms in total. The number of nitro groups is 1. The number of sulfonamides is 1. The summed E-state index contributed by atoms with van der Waals surface area (Å²) >= 11 is 0. The summed E-state index contributed by atoms with van der Waals surface area (Å²) in [5.74, 6) is -2.41. The normalized spacial score (nSPS) is 15.2. The number of halogens is 2. The van der Waals surface area contributed by atoms with Crippen molar-refractivity contribution in [2.45, 2.75) is 4.90 Å². The van der Waals surface area contributed by atoms with Gasteiger partial charge in [0, 0.05) is 32.2 Å². The van der Waals surface area contributed by atoms with Crippen molar-refractivity contribution in [1.82, 2.24) is 4.31 Å². The maximum atomic E-state index is 13.4. The Bertz CT molecular complexity index is 1080. The Morgan fingerprint density at radius 2 is 1.71 bits per heavy atom. The Morgan fingerprint density at radius 1 is 1.04 bits per heavy atom. The van der Waals surface area contributed by atoms with Gasteiger partial charge in [0.25, 0.3) is 5.69 Å². The number of rotatable bonds is 4. The largest absolute Gasteiger partial charge is 0.363 e. The third-order valence-corrected chi connectivity index (χ3v) is 6.30. The van der Waals surface area contributed by atoms with Crippen molar-refractivity contribution in [3.8, 4) is 6.07 Å². The van der Waals surface area contributed by atoms with Gasteiger partial charge in [0.05, 0.1) is 21.5 Å². The Kier molecular flexibility index (Phi) is 5.26. The fourth-order valence-corrected chi connectivity index (χ4v) is 4.39. The third kappa shape index (κ3) is 3.64. The quantitative estimate of drug-likeness (QED) is 0.567. The molecule has 1 aliphatic rings. The minimum absolute atomic E-state index is 0.00470. The predicted molar refractivity (Wildman–Crippen MR) is 95.1 cm³/mol. The molecule has 1 saturated heterocycles. The van der Waals surface area contributed by atoms with Crippen LogP contribution >= 0.6 is 0 Å². The Balaban J connectivity index is 1.82. The van der Waals surface area contributed by atoms with Crippen LogP contribution in [0, 0.1) is 33.1 Å². The number of nitro benzene ring substituents is 1. The summed E-state index contributed by atoms with van der Waals surface area (Å²) in [4.78, 5) is 11.9. The van der Waals surface area contributed by atoms with Crippen LogP contribution in [0.3, 0.4) is 0 Å². The molecule has 0 aromatic heterocycles. The van der Waals surface area contributed by atoms with Crippen molar-refractivity contribution in [2.24, 2.45) is 0 Å². The van der Waals surface area contributed by atoms with Gasteiger partial charge in [-0.1, -0.05) is 0 Å². The first kappa shape index (κ1) is 19.7. The second-order valence-corrected chi connectivity index (χ2v) is 7.98. The molecule has 0 N–H and O–H groups in total. The molecule has 1 heterocycles. The zero-order valence-electron chi connectivity index (χ0n) is 14.4. The molecule has 0 aliphatic carbocycles. The van der Waals surface area contributed by atoms with Gasteiger partial charge in [0.1, 0.15) is 5.69 Å². The van der Waals surface area contributed by atoms with E-state index in [0.29, 0.717) is 6.07 Å². The molecule has 1 aliphatic heterocycles. The van der Waals surface area contributed by atoms with Gasteiger partial charge in [-0.05, 0) is 30.3 Å². The molecule has 1 fully saturated rings. The van der Waals surface area contributed by atoms with Crippen LogP contribution in [-0.2, 0) is 10.0 Å². The van der Waals surface area contributed by atoms with Crippen molar-refractivity contribution >= 4 is 21.4 Å². The summed E-state index contributed by atoms with van der Waals surface area (Å²) in [6.07, 6.45) is 0. The Hall–Kier alpha value is -3.10. The van der Waals surface area contributed by atoms with Gasteiger partial charge in [-0.3, -0.25) is 10.1 Å². The van der Waals surface area contributed by atoms with E-state index < -0.39 is 26.6 Å². The monoisotopic (exact) mass is 408 g/mol. The highest BCUT2D eigenvalue weighted by molar-refractivity contribution is 7.89. The van der Waals surface area contributed by atoms with E-state index in [1.165, 1.54) is 18.2 Å². The van der Waals surface area contributed by atoms with E-state index in [4.69, 9.17) is 5.26 Å². The van der Waals surface area contributed by atoms with Crippen molar-refractivity contribution in [1.29, 1.82) is 5.26 Å². The van der Waals surface area contributed by atoms with Crippen LogP contribution in [0.5, 0.6) is 0 Å². The summed E-state index contributed by atoms with van der Waals surface area (Å²) in [5, 5.41) is 20.3. The molecule has 0 radical (unpaired) electrons. The molecule has 0 atom stereocenters. The molecule has 0 saturated carbocycles. The van der Waals surface area contributed by atoms with Crippen molar-refractivity contribution in [2.75, 3.05) is 31.1 Å². The van der Waals surface area contributed by atoms with Crippen LogP contribution in [0.1, 0.15) is 5.56 Å². The lowest BCUT2D eigenvalue weighted by atomic mass is 10.1. The highest BCUT2D eigenvalue weighted by Crippen LogP contribution is 2.31. The molecule has 11 heteroatoms. The number of nitriles is 1. The SMILES string of the molecule is N#Cc1ccc([N+](=O)[O-])c(N2CCN(S(=O)(=O)c3ccc(F)c(F)c3)CC2)c1. The van der Waals surface area contributed by atoms with Crippen LogP contribution in [0.2, 0.25) is 0 Å². The molecule has 0 amide bonds. The number of nitrogens with zero attached hydrogens (tertiary/aromatic N) is 4. The number of anilines is 1. The van der Waals surface area contributed by atoms with Crippen molar-refractivity contribution < 1.29 is 22.1 Å². The molecule has 28 heavy (non-hydrogen) atoms. The standard InChI is InChI=1S/C17H14F2N4O4S/c18-14-3-2-13(10-15(14)19)28(26,27)22-7-5-21(6-8-22)17-9-12(11-20)1-4-16(17)23(24)25/h1-4,9-10H,5-8H2. The minimum Gasteiger partial charge on any atom is -0.363 e. The summed E-state index contributed by atoms with van der Waals surface area (Å²) in [6, 6.07) is 8.23. The second kappa shape index (κ2) is 7.49. The smallest absolute Gasteiger partial charge is 0.292 e. The molecule has 0 unspecified atom stereocenters. The number of piperazine rings is 1. The fourth-order valence-electron chi connectivity index (χ4n) is 2.96. The van der Waals surface area contributed by atoms with E-state index in [1.807, 2.05) is 6.07 Å². The van der Waals surface area contributed by atoms with Gasteiger partial charge < -0.3 is 4.90 Å². The van der Waals surface area contributed by atoms with E-state index in [-0.39, 0.29) is 48.0 Å². The van der Waals surface area contributed by atoms with E-state index in [9.17, 15) is 27.3 Å². The van der Waals surface area contributed by atoms with Crippen LogP contribution < -0.4 is 4.90 Å². The number of hydrogen-bond acceptors (Lipinski definition) is 6. The minimum atomic E-state index is -4.03. The zero-order chi connectivity index (χ0) is 20.5. The Morgan fingerprint density at radius 3 is 2.29 bits per heavy atom. The van der Waals surface area contributed by atoms with Crippen LogP contribution in [-0.4, -0.2) is 43.8 Å². The summed E-state index contributed by atoms with van der Waals surface area (Å²) in [5.41, 5.74) is 0.294. The highest BCUT2D eigenvalue weighted by Gasteiger charge is 2.31. The van der Waals surface area contributed by atoms with E-state index in [2.05, 4.69) is 0 Å². The molecule has 2 aromatic rings. The average molecular weight is 408 g/mol. The average Bonchev–Trinajstić information content (AvgIpc) is 2.69. The lowest BCUT2D eigenvalue weighted by Gasteiger charge is -2.35. The maximum Gasteiger partial charge on any atom is 0.292 e. The maximum absolute atomic E-state index is 13.4. The van der Waals surface area contributed by atoms with Crippen molar-refractivity contribution in [3.63, 3.8) is 0 Å². The summed E-state index contributed by atoms with van der Waals surface area (Å²) in [7, 11) is -4.03. The van der Waals surface area contributed by atoms with Gasteiger partial charge in [-0.15, -0.1) is 0 Å². The van der Waals surface area contributed by atoms with Gasteiger partial charge in [-0.2, -0.15) is 9.57 Å². The van der Waals surface area contributed by atoms with Gasteiger partial charge in [0.15, 0.2) is 11.6 Å². The van der Waals surface area contributed by atoms with Gasteiger partial charge >= 0.3 is 0 Å². The summed E-state index contributed by atoms with van der Waals surface area (Å²) in [6.45, 7) is 0.266. The first-order valence-electron chi connectivity index (χ1n) is 8.12. The third-order valence-electron chi connectivity index (χ3n) is 4.41. The van der Waals surface area contributed by atoms with Crippen molar-refractivity contribution in [3.05, 3.63) is 63.7 Å². The number of hydrogen-bond donors (Lipinski definition) is 0. The molecular formula is C17H14F2N4O4S. The van der Waals surface area contributed by atoms with Crippen LogP contribution in [0.15, 0.2) is 41.3 Å². The molecule has 3 rings (SSSR count). The van der Waals surface area contributed by atoms with E-state index in [1.54, 1.807) is 4.90 Å². The Labute approximate surface area is 159 Å². The molecule has 0 spiro atoms. The molecular weight excluding hydrogens is 394 g/mol. The fraction of sp³-hybridized carbons (Fsp3) is 0.235. The predicted octanol–water partition coefficient (Wildman–Crippen LogP) is 2.26.